The van der Waals surface area contributed by atoms with Crippen molar-refractivity contribution in [3.05, 3.63) is 0 Å². The third kappa shape index (κ3) is 2.63. The molecule has 4 nitrogen and oxygen atoms in total. The van der Waals surface area contributed by atoms with Crippen LogP contribution in [0.3, 0.4) is 0 Å². The minimum absolute atomic E-state index is 0.265. The minimum atomic E-state index is -0.265. The molecule has 0 aromatic carbocycles. The van der Waals surface area contributed by atoms with Gasteiger partial charge in [-0.15, -0.1) is 0 Å². The summed E-state index contributed by atoms with van der Waals surface area (Å²) in [7, 11) is 1.70. The standard InChI is InChI=1S/C13H24N2O2/c1-3-15(11-4-5-11)12(16)13(10-17-2)6-8-14-9-7-13/h11,14H,3-10H2,1-2H3. The summed E-state index contributed by atoms with van der Waals surface area (Å²) in [4.78, 5) is 14.8. The maximum atomic E-state index is 12.7. The van der Waals surface area contributed by atoms with Gasteiger partial charge in [-0.3, -0.25) is 4.79 Å². The lowest BCUT2D eigenvalue weighted by Gasteiger charge is -2.39. The van der Waals surface area contributed by atoms with Crippen LogP contribution < -0.4 is 5.32 Å². The van der Waals surface area contributed by atoms with Gasteiger partial charge in [-0.2, -0.15) is 0 Å². The zero-order valence-electron chi connectivity index (χ0n) is 11.0. The molecule has 2 fully saturated rings. The first-order chi connectivity index (χ1) is 8.23. The molecule has 0 atom stereocenters. The SMILES string of the molecule is CCN(C(=O)C1(COC)CCNCC1)C1CC1. The van der Waals surface area contributed by atoms with Gasteiger partial charge in [-0.05, 0) is 45.7 Å². The second-order valence-corrected chi connectivity index (χ2v) is 5.29. The summed E-state index contributed by atoms with van der Waals surface area (Å²) in [6.07, 6.45) is 4.17. The van der Waals surface area contributed by atoms with Crippen LogP contribution in [0.1, 0.15) is 32.6 Å². The molecule has 1 saturated carbocycles. The molecular weight excluding hydrogens is 216 g/mol. The van der Waals surface area contributed by atoms with Crippen LogP contribution in [0.25, 0.3) is 0 Å². The Labute approximate surface area is 104 Å². The lowest BCUT2D eigenvalue weighted by atomic mass is 9.78. The molecule has 1 heterocycles. The smallest absolute Gasteiger partial charge is 0.231 e. The van der Waals surface area contributed by atoms with Gasteiger partial charge in [0.15, 0.2) is 0 Å². The molecule has 0 spiro atoms. The molecule has 0 unspecified atom stereocenters. The van der Waals surface area contributed by atoms with Crippen LogP contribution in [-0.4, -0.2) is 50.2 Å². The number of nitrogens with zero attached hydrogens (tertiary/aromatic N) is 1. The number of hydrogen-bond acceptors (Lipinski definition) is 3. The zero-order chi connectivity index (χ0) is 12.3. The van der Waals surface area contributed by atoms with Crippen LogP contribution in [0.2, 0.25) is 0 Å². The summed E-state index contributed by atoms with van der Waals surface area (Å²) in [5, 5.41) is 3.33. The van der Waals surface area contributed by atoms with Crippen LogP contribution >= 0.6 is 0 Å². The summed E-state index contributed by atoms with van der Waals surface area (Å²) in [6.45, 7) is 5.34. The van der Waals surface area contributed by atoms with Crippen molar-refractivity contribution in [1.82, 2.24) is 10.2 Å². The lowest BCUT2D eigenvalue weighted by Crippen LogP contribution is -2.52. The molecule has 1 aliphatic carbocycles. The van der Waals surface area contributed by atoms with Crippen molar-refractivity contribution >= 4 is 5.91 Å². The molecule has 0 aromatic rings. The van der Waals surface area contributed by atoms with Crippen molar-refractivity contribution in [2.24, 2.45) is 5.41 Å². The highest BCUT2D eigenvalue weighted by Crippen LogP contribution is 2.36. The normalized spacial score (nSPS) is 23.4. The van der Waals surface area contributed by atoms with Gasteiger partial charge in [0.25, 0.3) is 0 Å². The van der Waals surface area contributed by atoms with E-state index in [2.05, 4.69) is 17.1 Å². The Morgan fingerprint density at radius 1 is 1.41 bits per heavy atom. The molecule has 98 valence electrons. The van der Waals surface area contributed by atoms with Crippen molar-refractivity contribution in [1.29, 1.82) is 0 Å². The van der Waals surface area contributed by atoms with E-state index < -0.39 is 0 Å². The minimum Gasteiger partial charge on any atom is -0.384 e. The maximum absolute atomic E-state index is 12.7. The van der Waals surface area contributed by atoms with E-state index in [-0.39, 0.29) is 5.41 Å². The molecule has 0 radical (unpaired) electrons. The van der Waals surface area contributed by atoms with Gasteiger partial charge in [0.1, 0.15) is 0 Å². The quantitative estimate of drug-likeness (QED) is 0.780. The molecule has 1 amide bonds. The molecule has 1 saturated heterocycles. The van der Waals surface area contributed by atoms with Crippen molar-refractivity contribution < 1.29 is 9.53 Å². The summed E-state index contributed by atoms with van der Waals surface area (Å²) in [5.74, 6) is 0.325. The highest BCUT2D eigenvalue weighted by molar-refractivity contribution is 5.83. The summed E-state index contributed by atoms with van der Waals surface area (Å²) in [5.41, 5.74) is -0.265. The molecule has 2 rings (SSSR count). The molecule has 1 N–H and O–H groups in total. The van der Waals surface area contributed by atoms with E-state index in [1.165, 1.54) is 12.8 Å². The van der Waals surface area contributed by atoms with E-state index >= 15 is 0 Å². The number of piperidine rings is 1. The predicted octanol–water partition coefficient (Wildman–Crippen LogP) is 1.01. The van der Waals surface area contributed by atoms with Crippen molar-refractivity contribution in [3.8, 4) is 0 Å². The number of amides is 1. The van der Waals surface area contributed by atoms with E-state index in [1.54, 1.807) is 7.11 Å². The summed E-state index contributed by atoms with van der Waals surface area (Å²) >= 11 is 0. The number of rotatable bonds is 5. The average molecular weight is 240 g/mol. The van der Waals surface area contributed by atoms with E-state index in [0.29, 0.717) is 18.6 Å². The van der Waals surface area contributed by atoms with Crippen molar-refractivity contribution in [2.75, 3.05) is 33.4 Å². The van der Waals surface area contributed by atoms with Crippen molar-refractivity contribution in [2.45, 2.75) is 38.6 Å². The van der Waals surface area contributed by atoms with Crippen LogP contribution in [0.15, 0.2) is 0 Å². The Balaban J connectivity index is 2.10. The van der Waals surface area contributed by atoms with Gasteiger partial charge in [-0.25, -0.2) is 0 Å². The Bertz CT molecular complexity index is 265. The first kappa shape index (κ1) is 12.8. The Morgan fingerprint density at radius 3 is 2.53 bits per heavy atom. The van der Waals surface area contributed by atoms with Gasteiger partial charge in [0.2, 0.25) is 5.91 Å². The molecule has 0 aromatic heterocycles. The van der Waals surface area contributed by atoms with Gasteiger partial charge in [0.05, 0.1) is 12.0 Å². The number of hydrogen-bond donors (Lipinski definition) is 1. The van der Waals surface area contributed by atoms with E-state index in [4.69, 9.17) is 4.74 Å². The van der Waals surface area contributed by atoms with Crippen LogP contribution in [0.4, 0.5) is 0 Å². The first-order valence-electron chi connectivity index (χ1n) is 6.74. The molecular formula is C13H24N2O2. The highest BCUT2D eigenvalue weighted by Gasteiger charge is 2.45. The number of nitrogens with one attached hydrogen (secondary N) is 1. The molecule has 0 bridgehead atoms. The fraction of sp³-hybridized carbons (Fsp3) is 0.923. The Hall–Kier alpha value is -0.610. The van der Waals surface area contributed by atoms with E-state index in [1.807, 2.05) is 0 Å². The monoisotopic (exact) mass is 240 g/mol. The topological polar surface area (TPSA) is 41.6 Å². The Kier molecular flexibility index (Phi) is 4.05. The summed E-state index contributed by atoms with van der Waals surface area (Å²) in [6, 6.07) is 0.510. The van der Waals surface area contributed by atoms with Gasteiger partial charge < -0.3 is 15.0 Å². The fourth-order valence-electron chi connectivity index (χ4n) is 2.86. The zero-order valence-corrected chi connectivity index (χ0v) is 11.0. The van der Waals surface area contributed by atoms with Gasteiger partial charge in [-0.1, -0.05) is 0 Å². The van der Waals surface area contributed by atoms with E-state index in [9.17, 15) is 4.79 Å². The van der Waals surface area contributed by atoms with Crippen LogP contribution in [0, 0.1) is 5.41 Å². The molecule has 1 aliphatic heterocycles. The van der Waals surface area contributed by atoms with Gasteiger partial charge >= 0.3 is 0 Å². The van der Waals surface area contributed by atoms with Crippen LogP contribution in [0.5, 0.6) is 0 Å². The predicted molar refractivity (Wildman–Crippen MR) is 66.8 cm³/mol. The first-order valence-corrected chi connectivity index (χ1v) is 6.74. The van der Waals surface area contributed by atoms with Crippen molar-refractivity contribution in [3.63, 3.8) is 0 Å². The highest BCUT2D eigenvalue weighted by atomic mass is 16.5. The maximum Gasteiger partial charge on any atom is 0.231 e. The molecule has 4 heteroatoms. The summed E-state index contributed by atoms with van der Waals surface area (Å²) < 4.78 is 5.33. The third-order valence-corrected chi connectivity index (χ3v) is 4.02. The largest absolute Gasteiger partial charge is 0.384 e. The van der Waals surface area contributed by atoms with E-state index in [0.717, 1.165) is 32.5 Å². The third-order valence-electron chi connectivity index (χ3n) is 4.02. The second-order valence-electron chi connectivity index (χ2n) is 5.29. The molecule has 17 heavy (non-hydrogen) atoms. The number of methoxy groups -OCH3 is 1. The lowest BCUT2D eigenvalue weighted by molar-refractivity contribution is -0.148. The van der Waals surface area contributed by atoms with Crippen LogP contribution in [-0.2, 0) is 9.53 Å². The Morgan fingerprint density at radius 2 is 2.06 bits per heavy atom. The fourth-order valence-corrected chi connectivity index (χ4v) is 2.86. The number of ether oxygens (including phenoxy) is 1. The number of carbonyl (C=O) groups excluding carboxylic acids is 1. The number of carbonyl (C=O) groups is 1. The average Bonchev–Trinajstić information content (AvgIpc) is 3.16. The second kappa shape index (κ2) is 5.36. The molecule has 2 aliphatic rings. The van der Waals surface area contributed by atoms with Gasteiger partial charge in [0, 0.05) is 19.7 Å².